The third-order valence-electron chi connectivity index (χ3n) is 5.69. The van der Waals surface area contributed by atoms with Crippen molar-refractivity contribution in [1.29, 1.82) is 0 Å². The maximum Gasteiger partial charge on any atom is 0.407 e. The zero-order chi connectivity index (χ0) is 22.7. The van der Waals surface area contributed by atoms with Gasteiger partial charge >= 0.3 is 6.09 Å². The zero-order valence-electron chi connectivity index (χ0n) is 19.0. The van der Waals surface area contributed by atoms with Crippen molar-refractivity contribution in [2.45, 2.75) is 58.2 Å². The molecule has 2 heterocycles. The first-order chi connectivity index (χ1) is 15.3. The number of para-hydroxylation sites is 2. The van der Waals surface area contributed by atoms with E-state index in [-0.39, 0.29) is 11.9 Å². The van der Waals surface area contributed by atoms with Crippen LogP contribution in [-0.4, -0.2) is 40.4 Å². The molecule has 32 heavy (non-hydrogen) atoms. The molecule has 4 rings (SSSR count). The van der Waals surface area contributed by atoms with Gasteiger partial charge in [-0.15, -0.1) is 0 Å². The topological polar surface area (TPSA) is 59.4 Å². The lowest BCUT2D eigenvalue weighted by molar-refractivity contribution is 0.0522. The number of aromatic nitrogens is 2. The smallest absolute Gasteiger partial charge is 0.407 e. The van der Waals surface area contributed by atoms with E-state index in [1.165, 1.54) is 6.07 Å². The normalized spacial score (nSPS) is 16.9. The van der Waals surface area contributed by atoms with Gasteiger partial charge in [-0.2, -0.15) is 0 Å². The Balaban J connectivity index is 1.63. The van der Waals surface area contributed by atoms with Gasteiger partial charge < -0.3 is 19.5 Å². The second-order valence-corrected chi connectivity index (χ2v) is 9.30. The van der Waals surface area contributed by atoms with E-state index in [4.69, 9.17) is 9.72 Å². The molecular formula is C25H31FN4O2. The number of rotatable bonds is 5. The highest BCUT2D eigenvalue weighted by atomic mass is 19.1. The first kappa shape index (κ1) is 22.1. The van der Waals surface area contributed by atoms with Crippen LogP contribution in [0, 0.1) is 5.82 Å². The van der Waals surface area contributed by atoms with Gasteiger partial charge in [0, 0.05) is 24.7 Å². The van der Waals surface area contributed by atoms with E-state index in [2.05, 4.69) is 14.8 Å². The highest BCUT2D eigenvalue weighted by Gasteiger charge is 2.28. The molecule has 0 bridgehead atoms. The summed E-state index contributed by atoms with van der Waals surface area (Å²) in [5.74, 6) is 0.586. The summed E-state index contributed by atoms with van der Waals surface area (Å²) >= 11 is 0. The molecule has 3 aromatic rings. The molecule has 1 saturated heterocycles. The Kier molecular flexibility index (Phi) is 6.35. The molecule has 0 saturated carbocycles. The predicted molar refractivity (Wildman–Crippen MR) is 124 cm³/mol. The van der Waals surface area contributed by atoms with Gasteiger partial charge in [0.15, 0.2) is 0 Å². The van der Waals surface area contributed by atoms with Crippen LogP contribution in [0.2, 0.25) is 0 Å². The molecule has 1 aliphatic rings. The third kappa shape index (κ3) is 5.03. The van der Waals surface area contributed by atoms with E-state index in [0.717, 1.165) is 42.8 Å². The van der Waals surface area contributed by atoms with Gasteiger partial charge in [0.25, 0.3) is 0 Å². The number of carbonyl (C=O) groups excluding carboxylic acids is 1. The molecule has 2 aromatic carbocycles. The highest BCUT2D eigenvalue weighted by molar-refractivity contribution is 5.79. The summed E-state index contributed by atoms with van der Waals surface area (Å²) in [6.45, 7) is 7.25. The molecule has 7 heteroatoms. The number of nitrogens with one attached hydrogen (secondary N) is 1. The fraction of sp³-hybridized carbons (Fsp3) is 0.440. The van der Waals surface area contributed by atoms with Crippen molar-refractivity contribution in [2.75, 3.05) is 18.0 Å². The molecule has 0 radical (unpaired) electrons. The van der Waals surface area contributed by atoms with Crippen LogP contribution >= 0.6 is 0 Å². The summed E-state index contributed by atoms with van der Waals surface area (Å²) < 4.78 is 22.0. The third-order valence-corrected chi connectivity index (χ3v) is 5.69. The number of carbonyl (C=O) groups is 1. The van der Waals surface area contributed by atoms with Crippen LogP contribution in [0.3, 0.4) is 0 Å². The van der Waals surface area contributed by atoms with Crippen LogP contribution in [0.15, 0.2) is 48.5 Å². The lowest BCUT2D eigenvalue weighted by Gasteiger charge is -2.37. The van der Waals surface area contributed by atoms with Crippen LogP contribution in [0.1, 0.15) is 45.6 Å². The number of halogens is 1. The minimum atomic E-state index is -0.538. The fourth-order valence-corrected chi connectivity index (χ4v) is 4.23. The SMILES string of the molecule is CC(C)(C)OC(=O)NC[C@@H]1CCCCN1c1nc2ccccc2n1Cc1ccccc1F. The van der Waals surface area contributed by atoms with Crippen molar-refractivity contribution in [3.8, 4) is 0 Å². The van der Waals surface area contributed by atoms with Crippen LogP contribution < -0.4 is 10.2 Å². The van der Waals surface area contributed by atoms with E-state index in [9.17, 15) is 9.18 Å². The first-order valence-electron chi connectivity index (χ1n) is 11.2. The van der Waals surface area contributed by atoms with E-state index in [1.807, 2.05) is 57.2 Å². The maximum absolute atomic E-state index is 14.5. The Morgan fingerprint density at radius 3 is 2.69 bits per heavy atom. The molecule has 6 nitrogen and oxygen atoms in total. The lowest BCUT2D eigenvalue weighted by atomic mass is 10.0. The summed E-state index contributed by atoms with van der Waals surface area (Å²) in [5.41, 5.74) is 1.93. The second kappa shape index (κ2) is 9.18. The summed E-state index contributed by atoms with van der Waals surface area (Å²) in [7, 11) is 0. The quantitative estimate of drug-likeness (QED) is 0.602. The van der Waals surface area contributed by atoms with Crippen LogP contribution in [-0.2, 0) is 11.3 Å². The minimum Gasteiger partial charge on any atom is -0.444 e. The van der Waals surface area contributed by atoms with Crippen molar-refractivity contribution in [3.63, 3.8) is 0 Å². The summed E-state index contributed by atoms with van der Waals surface area (Å²) in [6.07, 6.45) is 2.66. The predicted octanol–water partition coefficient (Wildman–Crippen LogP) is 5.11. The molecule has 1 aliphatic heterocycles. The number of imidazole rings is 1. The van der Waals surface area contributed by atoms with Crippen LogP contribution in [0.25, 0.3) is 11.0 Å². The Labute approximate surface area is 188 Å². The number of anilines is 1. The van der Waals surface area contributed by atoms with Crippen molar-refractivity contribution in [2.24, 2.45) is 0 Å². The number of amides is 1. The Morgan fingerprint density at radius 2 is 1.91 bits per heavy atom. The van der Waals surface area contributed by atoms with E-state index < -0.39 is 11.7 Å². The molecule has 0 aliphatic carbocycles. The number of fused-ring (bicyclic) bond motifs is 1. The minimum absolute atomic E-state index is 0.0902. The molecule has 1 aromatic heterocycles. The first-order valence-corrected chi connectivity index (χ1v) is 11.2. The van der Waals surface area contributed by atoms with Crippen molar-refractivity contribution < 1.29 is 13.9 Å². The Morgan fingerprint density at radius 1 is 1.16 bits per heavy atom. The van der Waals surface area contributed by atoms with Gasteiger partial charge in [-0.3, -0.25) is 0 Å². The molecule has 0 unspecified atom stereocenters. The zero-order valence-corrected chi connectivity index (χ0v) is 19.0. The van der Waals surface area contributed by atoms with Gasteiger partial charge in [-0.05, 0) is 58.2 Å². The van der Waals surface area contributed by atoms with Crippen LogP contribution in [0.5, 0.6) is 0 Å². The number of hydrogen-bond donors (Lipinski definition) is 1. The average molecular weight is 439 g/mol. The number of benzene rings is 2. The summed E-state index contributed by atoms with van der Waals surface area (Å²) in [4.78, 5) is 19.4. The molecule has 1 N–H and O–H groups in total. The number of alkyl carbamates (subject to hydrolysis) is 1. The highest BCUT2D eigenvalue weighted by Crippen LogP contribution is 2.29. The second-order valence-electron chi connectivity index (χ2n) is 9.30. The Bertz CT molecular complexity index is 1090. The van der Waals surface area contributed by atoms with Gasteiger partial charge in [0.1, 0.15) is 11.4 Å². The molecular weight excluding hydrogens is 407 g/mol. The number of piperidine rings is 1. The molecule has 1 fully saturated rings. The van der Waals surface area contributed by atoms with Gasteiger partial charge in [0.05, 0.1) is 17.6 Å². The lowest BCUT2D eigenvalue weighted by Crippen LogP contribution is -2.48. The summed E-state index contributed by atoms with van der Waals surface area (Å²) in [6, 6.07) is 14.9. The van der Waals surface area contributed by atoms with Gasteiger partial charge in [-0.1, -0.05) is 30.3 Å². The number of nitrogens with zero attached hydrogens (tertiary/aromatic N) is 3. The average Bonchev–Trinajstić information content (AvgIpc) is 3.11. The molecule has 170 valence electrons. The molecule has 1 atom stereocenters. The Hall–Kier alpha value is -3.09. The van der Waals surface area contributed by atoms with Crippen molar-refractivity contribution in [3.05, 3.63) is 59.9 Å². The fourth-order valence-electron chi connectivity index (χ4n) is 4.23. The number of hydrogen-bond acceptors (Lipinski definition) is 4. The van der Waals surface area contributed by atoms with E-state index in [1.54, 1.807) is 6.07 Å². The standard InChI is InChI=1S/C25H31FN4O2/c1-25(2,3)32-24(31)27-16-19-11-8-9-15-29(19)23-28-21-13-6-7-14-22(21)30(23)17-18-10-4-5-12-20(18)26/h4-7,10,12-14,19H,8-9,11,15-17H2,1-3H3,(H,27,31)/t19-/m0/s1. The van der Waals surface area contributed by atoms with Crippen LogP contribution in [0.4, 0.5) is 15.1 Å². The molecule has 1 amide bonds. The van der Waals surface area contributed by atoms with Gasteiger partial charge in [-0.25, -0.2) is 14.2 Å². The maximum atomic E-state index is 14.5. The van der Waals surface area contributed by atoms with E-state index >= 15 is 0 Å². The van der Waals surface area contributed by atoms with Crippen molar-refractivity contribution >= 4 is 23.1 Å². The summed E-state index contributed by atoms with van der Waals surface area (Å²) in [5, 5.41) is 2.92. The molecule has 0 spiro atoms. The van der Waals surface area contributed by atoms with E-state index in [0.29, 0.717) is 18.7 Å². The largest absolute Gasteiger partial charge is 0.444 e. The van der Waals surface area contributed by atoms with Gasteiger partial charge in [0.2, 0.25) is 5.95 Å². The number of ether oxygens (including phenoxy) is 1. The van der Waals surface area contributed by atoms with Crippen molar-refractivity contribution in [1.82, 2.24) is 14.9 Å². The monoisotopic (exact) mass is 438 g/mol.